The molecule has 0 spiro atoms. The van der Waals surface area contributed by atoms with Crippen molar-refractivity contribution in [2.75, 3.05) is 0 Å². The van der Waals surface area contributed by atoms with Crippen molar-refractivity contribution >= 4 is 16.8 Å². The van der Waals surface area contributed by atoms with Crippen LogP contribution in [0.4, 0.5) is 0 Å². The molecule has 0 aliphatic carbocycles. The first-order chi connectivity index (χ1) is 16.7. The van der Waals surface area contributed by atoms with E-state index in [-0.39, 0.29) is 5.91 Å². The van der Waals surface area contributed by atoms with Crippen LogP contribution in [0.25, 0.3) is 10.9 Å². The summed E-state index contributed by atoms with van der Waals surface area (Å²) in [4.78, 5) is 24.4. The van der Waals surface area contributed by atoms with Gasteiger partial charge in [0.05, 0.1) is 17.8 Å². The maximum atomic E-state index is 13.6. The van der Waals surface area contributed by atoms with Gasteiger partial charge in [0.2, 0.25) is 5.88 Å². The molecule has 0 atom stereocenters. The average Bonchev–Trinajstić information content (AvgIpc) is 2.89. The van der Waals surface area contributed by atoms with E-state index in [1.807, 2.05) is 114 Å². The Morgan fingerprint density at radius 1 is 0.765 bits per heavy atom. The topological polar surface area (TPSA) is 55.3 Å². The number of benzene rings is 3. The Hall–Kier alpha value is -4.51. The third-order valence-electron chi connectivity index (χ3n) is 5.45. The van der Waals surface area contributed by atoms with E-state index in [1.54, 1.807) is 6.20 Å². The first kappa shape index (κ1) is 21.3. The molecule has 5 rings (SSSR count). The van der Waals surface area contributed by atoms with Gasteiger partial charge in [0.15, 0.2) is 0 Å². The van der Waals surface area contributed by atoms with E-state index in [2.05, 4.69) is 9.97 Å². The number of carbonyl (C=O) groups is 1. The summed E-state index contributed by atoms with van der Waals surface area (Å²) >= 11 is 0. The number of rotatable bonds is 7. The van der Waals surface area contributed by atoms with E-state index in [1.165, 1.54) is 0 Å². The molecule has 0 bridgehead atoms. The van der Waals surface area contributed by atoms with Crippen LogP contribution in [0, 0.1) is 0 Å². The van der Waals surface area contributed by atoms with Crippen LogP contribution in [0.15, 0.2) is 115 Å². The van der Waals surface area contributed by atoms with Crippen molar-refractivity contribution in [3.8, 4) is 11.6 Å². The average molecular weight is 446 g/mol. The lowest BCUT2D eigenvalue weighted by Crippen LogP contribution is -2.30. The van der Waals surface area contributed by atoms with Gasteiger partial charge in [0, 0.05) is 29.8 Å². The highest BCUT2D eigenvalue weighted by Crippen LogP contribution is 2.21. The summed E-state index contributed by atoms with van der Waals surface area (Å²) in [6, 6.07) is 34.6. The molecule has 2 heterocycles. The Balaban J connectivity index is 1.42. The third-order valence-corrected chi connectivity index (χ3v) is 5.45. The second-order valence-corrected chi connectivity index (χ2v) is 7.94. The van der Waals surface area contributed by atoms with E-state index < -0.39 is 0 Å². The molecule has 0 aliphatic rings. The number of ether oxygens (including phenoxy) is 1. The van der Waals surface area contributed by atoms with Crippen molar-refractivity contribution in [1.29, 1.82) is 0 Å². The van der Waals surface area contributed by atoms with Crippen LogP contribution in [0.3, 0.4) is 0 Å². The molecule has 166 valence electrons. The minimum atomic E-state index is -0.0641. The van der Waals surface area contributed by atoms with Crippen LogP contribution in [0.1, 0.15) is 21.6 Å². The van der Waals surface area contributed by atoms with Crippen LogP contribution in [-0.2, 0) is 13.1 Å². The summed E-state index contributed by atoms with van der Waals surface area (Å²) in [6.07, 6.45) is 1.75. The first-order valence-electron chi connectivity index (χ1n) is 11.1. The zero-order valence-electron chi connectivity index (χ0n) is 18.5. The lowest BCUT2D eigenvalue weighted by Gasteiger charge is -2.23. The zero-order chi connectivity index (χ0) is 23.2. The Bertz CT molecular complexity index is 1410. The molecule has 0 N–H and O–H groups in total. The van der Waals surface area contributed by atoms with Crippen molar-refractivity contribution in [3.05, 3.63) is 132 Å². The molecule has 0 saturated heterocycles. The molecule has 2 aromatic heterocycles. The SMILES string of the molecule is O=C(c1ccc2ncccc2c1)N(Cc1ccccc1)Cc1cccc(Oc2ccccc2)n1. The van der Waals surface area contributed by atoms with Gasteiger partial charge in [-0.3, -0.25) is 9.78 Å². The lowest BCUT2D eigenvalue weighted by molar-refractivity contribution is 0.0727. The van der Waals surface area contributed by atoms with Crippen LogP contribution < -0.4 is 4.74 Å². The fourth-order valence-corrected chi connectivity index (χ4v) is 3.80. The second-order valence-electron chi connectivity index (χ2n) is 7.94. The normalized spacial score (nSPS) is 10.7. The summed E-state index contributed by atoms with van der Waals surface area (Å²) in [6.45, 7) is 0.820. The number of hydrogen-bond donors (Lipinski definition) is 0. The minimum Gasteiger partial charge on any atom is -0.439 e. The molecular formula is C29H23N3O2. The Labute approximate surface area is 198 Å². The van der Waals surface area contributed by atoms with Crippen LogP contribution >= 0.6 is 0 Å². The van der Waals surface area contributed by atoms with Gasteiger partial charge in [-0.15, -0.1) is 0 Å². The quantitative estimate of drug-likeness (QED) is 0.296. The number of para-hydroxylation sites is 1. The van der Waals surface area contributed by atoms with E-state index in [4.69, 9.17) is 4.74 Å². The Morgan fingerprint density at radius 3 is 2.38 bits per heavy atom. The van der Waals surface area contributed by atoms with E-state index in [0.29, 0.717) is 30.3 Å². The molecular weight excluding hydrogens is 422 g/mol. The molecule has 3 aromatic carbocycles. The van der Waals surface area contributed by atoms with Crippen molar-refractivity contribution in [2.45, 2.75) is 13.1 Å². The second kappa shape index (κ2) is 9.96. The van der Waals surface area contributed by atoms with E-state index in [0.717, 1.165) is 22.2 Å². The van der Waals surface area contributed by atoms with E-state index in [9.17, 15) is 4.79 Å². The highest BCUT2D eigenvalue weighted by atomic mass is 16.5. The van der Waals surface area contributed by atoms with Gasteiger partial charge in [-0.05, 0) is 48.0 Å². The summed E-state index contributed by atoms with van der Waals surface area (Å²) in [5.74, 6) is 1.15. The van der Waals surface area contributed by atoms with Crippen LogP contribution in [-0.4, -0.2) is 20.8 Å². The molecule has 0 aliphatic heterocycles. The number of hydrogen-bond acceptors (Lipinski definition) is 4. The van der Waals surface area contributed by atoms with Gasteiger partial charge in [-0.2, -0.15) is 0 Å². The number of amides is 1. The molecule has 0 fully saturated rings. The van der Waals surface area contributed by atoms with Gasteiger partial charge < -0.3 is 9.64 Å². The largest absolute Gasteiger partial charge is 0.439 e. The molecule has 5 nitrogen and oxygen atoms in total. The zero-order valence-corrected chi connectivity index (χ0v) is 18.5. The predicted molar refractivity (Wildman–Crippen MR) is 133 cm³/mol. The van der Waals surface area contributed by atoms with Gasteiger partial charge >= 0.3 is 0 Å². The monoisotopic (exact) mass is 445 g/mol. The minimum absolute atomic E-state index is 0.0641. The fraction of sp³-hybridized carbons (Fsp3) is 0.0690. The molecule has 5 heteroatoms. The third kappa shape index (κ3) is 5.10. The molecule has 0 unspecified atom stereocenters. The number of fused-ring (bicyclic) bond motifs is 1. The van der Waals surface area contributed by atoms with Crippen molar-refractivity contribution in [3.63, 3.8) is 0 Å². The number of nitrogens with zero attached hydrogens (tertiary/aromatic N) is 3. The van der Waals surface area contributed by atoms with Gasteiger partial charge in [-0.25, -0.2) is 4.98 Å². The number of carbonyl (C=O) groups excluding carboxylic acids is 1. The van der Waals surface area contributed by atoms with Crippen molar-refractivity contribution < 1.29 is 9.53 Å². The van der Waals surface area contributed by atoms with Crippen molar-refractivity contribution in [1.82, 2.24) is 14.9 Å². The molecule has 5 aromatic rings. The molecule has 34 heavy (non-hydrogen) atoms. The van der Waals surface area contributed by atoms with Crippen LogP contribution in [0.5, 0.6) is 11.6 Å². The summed E-state index contributed by atoms with van der Waals surface area (Å²) in [5, 5.41) is 0.935. The highest BCUT2D eigenvalue weighted by molar-refractivity contribution is 5.97. The molecule has 1 amide bonds. The molecule has 0 saturated carbocycles. The fourth-order valence-electron chi connectivity index (χ4n) is 3.80. The smallest absolute Gasteiger partial charge is 0.254 e. The van der Waals surface area contributed by atoms with Crippen molar-refractivity contribution in [2.24, 2.45) is 0 Å². The number of aromatic nitrogens is 2. The molecule has 0 radical (unpaired) electrons. The Morgan fingerprint density at radius 2 is 1.56 bits per heavy atom. The predicted octanol–water partition coefficient (Wildman–Crippen LogP) is 6.26. The van der Waals surface area contributed by atoms with E-state index >= 15 is 0 Å². The lowest BCUT2D eigenvalue weighted by atomic mass is 10.1. The maximum absolute atomic E-state index is 13.6. The summed E-state index contributed by atoms with van der Waals surface area (Å²) in [5.41, 5.74) is 3.28. The first-order valence-corrected chi connectivity index (χ1v) is 11.1. The number of pyridine rings is 2. The van der Waals surface area contributed by atoms with Gasteiger partial charge in [-0.1, -0.05) is 60.7 Å². The van der Waals surface area contributed by atoms with Crippen LogP contribution in [0.2, 0.25) is 0 Å². The summed E-state index contributed by atoms with van der Waals surface area (Å²) in [7, 11) is 0. The van der Waals surface area contributed by atoms with Gasteiger partial charge in [0.25, 0.3) is 5.91 Å². The standard InChI is InChI=1S/C29H23N3O2/c33-29(24-16-17-27-23(19-24)11-8-18-30-27)32(20-22-9-3-1-4-10-22)21-25-12-7-15-28(31-25)34-26-13-5-2-6-14-26/h1-19H,20-21H2. The highest BCUT2D eigenvalue weighted by Gasteiger charge is 2.18. The van der Waals surface area contributed by atoms with Gasteiger partial charge in [0.1, 0.15) is 5.75 Å². The maximum Gasteiger partial charge on any atom is 0.254 e. The Kier molecular flexibility index (Phi) is 6.25. The summed E-state index contributed by atoms with van der Waals surface area (Å²) < 4.78 is 5.89.